The number of aryl methyl sites for hydroxylation is 1. The fourth-order valence-corrected chi connectivity index (χ4v) is 3.04. The van der Waals surface area contributed by atoms with E-state index in [4.69, 9.17) is 0 Å². The average Bonchev–Trinajstić information content (AvgIpc) is 3.00. The third-order valence-corrected chi connectivity index (χ3v) is 4.55. The molecule has 8 heteroatoms. The lowest BCUT2D eigenvalue weighted by molar-refractivity contribution is -0.121. The SMILES string of the molecule is CC(C(=O)Nc1nccs1)N1CCc2nn(C)c(=O)cc2C1. The van der Waals surface area contributed by atoms with Gasteiger partial charge in [0.25, 0.3) is 5.56 Å². The molecule has 3 rings (SSSR count). The fourth-order valence-electron chi connectivity index (χ4n) is 2.51. The van der Waals surface area contributed by atoms with Crippen LogP contribution in [-0.2, 0) is 24.8 Å². The van der Waals surface area contributed by atoms with Crippen LogP contribution < -0.4 is 10.9 Å². The number of carbonyl (C=O) groups excluding carboxylic acids is 1. The number of amides is 1. The molecule has 0 saturated heterocycles. The van der Waals surface area contributed by atoms with E-state index in [1.165, 1.54) is 16.0 Å². The molecule has 0 bridgehead atoms. The Morgan fingerprint density at radius 1 is 1.50 bits per heavy atom. The summed E-state index contributed by atoms with van der Waals surface area (Å²) in [7, 11) is 1.65. The summed E-state index contributed by atoms with van der Waals surface area (Å²) in [6.07, 6.45) is 2.39. The summed E-state index contributed by atoms with van der Waals surface area (Å²) in [4.78, 5) is 30.1. The zero-order valence-corrected chi connectivity index (χ0v) is 13.3. The summed E-state index contributed by atoms with van der Waals surface area (Å²) in [5.41, 5.74) is 1.72. The summed E-state index contributed by atoms with van der Waals surface area (Å²) >= 11 is 1.39. The third kappa shape index (κ3) is 2.93. The first kappa shape index (κ1) is 14.9. The monoisotopic (exact) mass is 319 g/mol. The van der Waals surface area contributed by atoms with Gasteiger partial charge in [-0.2, -0.15) is 5.10 Å². The van der Waals surface area contributed by atoms with Gasteiger partial charge in [0.05, 0.1) is 11.7 Å². The van der Waals surface area contributed by atoms with Crippen molar-refractivity contribution in [1.29, 1.82) is 0 Å². The normalized spacial score (nSPS) is 16.1. The lowest BCUT2D eigenvalue weighted by Gasteiger charge is -2.32. The van der Waals surface area contributed by atoms with E-state index in [1.54, 1.807) is 19.3 Å². The third-order valence-electron chi connectivity index (χ3n) is 3.86. The van der Waals surface area contributed by atoms with E-state index in [-0.39, 0.29) is 17.5 Å². The molecule has 3 heterocycles. The van der Waals surface area contributed by atoms with E-state index in [2.05, 4.69) is 15.4 Å². The van der Waals surface area contributed by atoms with Gasteiger partial charge in [-0.15, -0.1) is 11.3 Å². The molecule has 22 heavy (non-hydrogen) atoms. The van der Waals surface area contributed by atoms with E-state index < -0.39 is 0 Å². The Kier molecular flexibility index (Phi) is 4.04. The van der Waals surface area contributed by atoms with Gasteiger partial charge in [-0.25, -0.2) is 9.67 Å². The number of fused-ring (bicyclic) bond motifs is 1. The van der Waals surface area contributed by atoms with Crippen molar-refractivity contribution in [2.45, 2.75) is 25.9 Å². The van der Waals surface area contributed by atoms with Gasteiger partial charge < -0.3 is 5.32 Å². The molecule has 0 saturated carbocycles. The summed E-state index contributed by atoms with van der Waals surface area (Å²) in [6, 6.07) is 1.32. The molecular weight excluding hydrogens is 302 g/mol. The molecule has 0 radical (unpaired) electrons. The Morgan fingerprint density at radius 3 is 3.05 bits per heavy atom. The highest BCUT2D eigenvalue weighted by molar-refractivity contribution is 7.13. The predicted octanol–water partition coefficient (Wildman–Crippen LogP) is 0.622. The Morgan fingerprint density at radius 2 is 2.32 bits per heavy atom. The molecule has 0 aromatic carbocycles. The lowest BCUT2D eigenvalue weighted by Crippen LogP contribution is -2.45. The number of hydrogen-bond acceptors (Lipinski definition) is 6. The molecule has 0 aliphatic carbocycles. The van der Waals surface area contributed by atoms with E-state index in [9.17, 15) is 9.59 Å². The first-order valence-electron chi connectivity index (χ1n) is 7.05. The number of nitrogens with one attached hydrogen (secondary N) is 1. The molecule has 2 aromatic rings. The Hall–Kier alpha value is -2.06. The van der Waals surface area contributed by atoms with Crippen molar-refractivity contribution in [3.05, 3.63) is 39.3 Å². The molecular formula is C14H17N5O2S. The molecule has 1 aliphatic heterocycles. The van der Waals surface area contributed by atoms with E-state index in [0.717, 1.165) is 24.2 Å². The molecule has 1 unspecified atom stereocenters. The number of hydrogen-bond donors (Lipinski definition) is 1. The maximum Gasteiger partial charge on any atom is 0.266 e. The van der Waals surface area contributed by atoms with Gasteiger partial charge in [0.15, 0.2) is 5.13 Å². The van der Waals surface area contributed by atoms with Crippen molar-refractivity contribution in [2.24, 2.45) is 7.05 Å². The van der Waals surface area contributed by atoms with E-state index in [1.807, 2.05) is 17.2 Å². The second kappa shape index (κ2) is 5.98. The Labute approximate surface area is 131 Å². The molecule has 7 nitrogen and oxygen atoms in total. The summed E-state index contributed by atoms with van der Waals surface area (Å²) < 4.78 is 1.35. The highest BCUT2D eigenvalue weighted by Gasteiger charge is 2.26. The molecule has 1 aliphatic rings. The zero-order valence-electron chi connectivity index (χ0n) is 12.4. The van der Waals surface area contributed by atoms with Crippen LogP contribution in [0, 0.1) is 0 Å². The zero-order chi connectivity index (χ0) is 15.7. The van der Waals surface area contributed by atoms with Crippen LogP contribution in [0.2, 0.25) is 0 Å². The topological polar surface area (TPSA) is 80.1 Å². The van der Waals surface area contributed by atoms with Gasteiger partial charge in [0, 0.05) is 44.2 Å². The maximum absolute atomic E-state index is 12.3. The average molecular weight is 319 g/mol. The van der Waals surface area contributed by atoms with Crippen LogP contribution in [0.1, 0.15) is 18.2 Å². The van der Waals surface area contributed by atoms with Crippen LogP contribution in [0.5, 0.6) is 0 Å². The van der Waals surface area contributed by atoms with Crippen molar-refractivity contribution in [3.8, 4) is 0 Å². The van der Waals surface area contributed by atoms with Gasteiger partial charge in [-0.3, -0.25) is 14.5 Å². The predicted molar refractivity (Wildman–Crippen MR) is 83.8 cm³/mol. The smallest absolute Gasteiger partial charge is 0.266 e. The van der Waals surface area contributed by atoms with Crippen LogP contribution >= 0.6 is 11.3 Å². The fraction of sp³-hybridized carbons (Fsp3) is 0.429. The number of carbonyl (C=O) groups is 1. The standard InChI is InChI=1S/C14H17N5O2S/c1-9(13(21)16-14-15-4-6-22-14)19-5-3-11-10(8-19)7-12(20)18(2)17-11/h4,6-7,9H,3,5,8H2,1-2H3,(H,15,16,21). The number of nitrogens with zero attached hydrogens (tertiary/aromatic N) is 4. The van der Waals surface area contributed by atoms with Gasteiger partial charge in [-0.1, -0.05) is 0 Å². The van der Waals surface area contributed by atoms with Crippen LogP contribution in [-0.4, -0.2) is 38.2 Å². The summed E-state index contributed by atoms with van der Waals surface area (Å²) in [5, 5.41) is 9.51. The summed E-state index contributed by atoms with van der Waals surface area (Å²) in [5.74, 6) is -0.0878. The minimum Gasteiger partial charge on any atom is -0.301 e. The second-order valence-electron chi connectivity index (χ2n) is 5.30. The Bertz CT molecular complexity index is 740. The molecule has 116 valence electrons. The van der Waals surface area contributed by atoms with Crippen LogP contribution in [0.25, 0.3) is 0 Å². The number of aromatic nitrogens is 3. The molecule has 1 atom stereocenters. The van der Waals surface area contributed by atoms with Crippen LogP contribution in [0.15, 0.2) is 22.4 Å². The van der Waals surface area contributed by atoms with Crippen molar-refractivity contribution in [3.63, 3.8) is 0 Å². The van der Waals surface area contributed by atoms with Crippen molar-refractivity contribution >= 4 is 22.4 Å². The van der Waals surface area contributed by atoms with E-state index >= 15 is 0 Å². The number of rotatable bonds is 3. The maximum atomic E-state index is 12.3. The van der Waals surface area contributed by atoms with Crippen LogP contribution in [0.3, 0.4) is 0 Å². The van der Waals surface area contributed by atoms with Crippen molar-refractivity contribution in [1.82, 2.24) is 19.7 Å². The highest BCUT2D eigenvalue weighted by atomic mass is 32.1. The minimum atomic E-state index is -0.291. The number of thiazole rings is 1. The van der Waals surface area contributed by atoms with Gasteiger partial charge in [0.2, 0.25) is 5.91 Å². The van der Waals surface area contributed by atoms with Crippen molar-refractivity contribution in [2.75, 3.05) is 11.9 Å². The second-order valence-corrected chi connectivity index (χ2v) is 6.20. The van der Waals surface area contributed by atoms with Crippen LogP contribution in [0.4, 0.5) is 5.13 Å². The molecule has 2 aromatic heterocycles. The highest BCUT2D eigenvalue weighted by Crippen LogP contribution is 2.18. The van der Waals surface area contributed by atoms with E-state index in [0.29, 0.717) is 11.7 Å². The quantitative estimate of drug-likeness (QED) is 0.897. The summed E-state index contributed by atoms with van der Waals surface area (Å²) in [6.45, 7) is 3.16. The minimum absolute atomic E-state index is 0.0878. The first-order chi connectivity index (χ1) is 10.5. The largest absolute Gasteiger partial charge is 0.301 e. The van der Waals surface area contributed by atoms with Gasteiger partial charge in [0.1, 0.15) is 0 Å². The number of anilines is 1. The molecule has 1 amide bonds. The Balaban J connectivity index is 1.72. The first-order valence-corrected chi connectivity index (χ1v) is 7.93. The molecule has 0 spiro atoms. The molecule has 0 fully saturated rings. The lowest BCUT2D eigenvalue weighted by atomic mass is 10.0. The van der Waals surface area contributed by atoms with Gasteiger partial charge in [-0.05, 0) is 12.5 Å². The molecule has 1 N–H and O–H groups in total. The van der Waals surface area contributed by atoms with Crippen molar-refractivity contribution < 1.29 is 4.79 Å². The van der Waals surface area contributed by atoms with Gasteiger partial charge >= 0.3 is 0 Å².